The van der Waals surface area contributed by atoms with Gasteiger partial charge in [-0.15, -0.1) is 0 Å². The number of anilines is 2. The summed E-state index contributed by atoms with van der Waals surface area (Å²) in [5.74, 6) is -1.89. The van der Waals surface area contributed by atoms with Gasteiger partial charge in [0.1, 0.15) is 0 Å². The minimum absolute atomic E-state index is 0.558. The molecule has 2 aromatic rings. The summed E-state index contributed by atoms with van der Waals surface area (Å²) in [6.45, 7) is 4.52. The van der Waals surface area contributed by atoms with E-state index in [1.165, 1.54) is 22.5 Å². The van der Waals surface area contributed by atoms with Crippen molar-refractivity contribution in [1.29, 1.82) is 0 Å². The van der Waals surface area contributed by atoms with Gasteiger partial charge in [0.2, 0.25) is 0 Å². The zero-order chi connectivity index (χ0) is 22.1. The summed E-state index contributed by atoms with van der Waals surface area (Å²) in [5, 5.41) is 15.6. The molecule has 160 valence electrons. The van der Waals surface area contributed by atoms with Crippen LogP contribution in [-0.2, 0) is 22.4 Å². The molecule has 0 aliphatic carbocycles. The molecule has 0 amide bonds. The van der Waals surface area contributed by atoms with Gasteiger partial charge in [-0.1, -0.05) is 43.3 Å². The lowest BCUT2D eigenvalue weighted by Gasteiger charge is -2.30. The Morgan fingerprint density at radius 2 is 1.37 bits per heavy atom. The molecule has 1 heterocycles. The van der Waals surface area contributed by atoms with Crippen LogP contribution in [0.1, 0.15) is 18.1 Å². The van der Waals surface area contributed by atoms with Crippen LogP contribution in [0.4, 0.5) is 11.4 Å². The maximum absolute atomic E-state index is 9.55. The van der Waals surface area contributed by atoms with Crippen molar-refractivity contribution in [2.24, 2.45) is 5.92 Å². The van der Waals surface area contributed by atoms with Crippen LogP contribution in [0.3, 0.4) is 0 Å². The number of hydrogen-bond acceptors (Lipinski definition) is 4. The molecule has 2 N–H and O–H groups in total. The zero-order valence-corrected chi connectivity index (χ0v) is 17.8. The molecule has 0 radical (unpaired) electrons. The first kappa shape index (κ1) is 23.2. The van der Waals surface area contributed by atoms with Crippen LogP contribution in [0.15, 0.2) is 60.7 Å². The Labute approximate surface area is 178 Å². The van der Waals surface area contributed by atoms with Crippen molar-refractivity contribution in [2.45, 2.75) is 19.8 Å². The second-order valence-electron chi connectivity index (χ2n) is 7.75. The number of nitrogens with zero attached hydrogens (tertiary/aromatic N) is 2. The lowest BCUT2D eigenvalue weighted by Crippen LogP contribution is -2.30. The van der Waals surface area contributed by atoms with E-state index < -0.39 is 11.9 Å². The molecule has 1 atom stereocenters. The first-order valence-electron chi connectivity index (χ1n) is 10.00. The minimum atomic E-state index is -1.26. The molecule has 6 heteroatoms. The van der Waals surface area contributed by atoms with Gasteiger partial charge in [-0.2, -0.15) is 0 Å². The van der Waals surface area contributed by atoms with Gasteiger partial charge in [0.15, 0.2) is 0 Å². The molecule has 2 aromatic carbocycles. The van der Waals surface area contributed by atoms with Gasteiger partial charge < -0.3 is 20.0 Å². The Kier molecular flexibility index (Phi) is 8.62. The number of carbonyl (C=O) groups is 2. The zero-order valence-electron chi connectivity index (χ0n) is 17.8. The van der Waals surface area contributed by atoms with Gasteiger partial charge in [0.05, 0.1) is 0 Å². The molecule has 30 heavy (non-hydrogen) atoms. The predicted octanol–water partition coefficient (Wildman–Crippen LogP) is 3.83. The number of aliphatic carboxylic acids is 2. The van der Waals surface area contributed by atoms with Crippen LogP contribution in [0.2, 0.25) is 0 Å². The van der Waals surface area contributed by atoms with Gasteiger partial charge in [-0.3, -0.25) is 0 Å². The molecule has 3 rings (SSSR count). The molecule has 6 nitrogen and oxygen atoms in total. The summed E-state index contributed by atoms with van der Waals surface area (Å²) in [6, 6.07) is 17.8. The van der Waals surface area contributed by atoms with Gasteiger partial charge >= 0.3 is 11.9 Å². The van der Waals surface area contributed by atoms with E-state index in [0.717, 1.165) is 25.9 Å². The van der Waals surface area contributed by atoms with E-state index in [-0.39, 0.29) is 0 Å². The summed E-state index contributed by atoms with van der Waals surface area (Å²) in [7, 11) is 4.31. The van der Waals surface area contributed by atoms with E-state index in [9.17, 15) is 9.59 Å². The molecular formula is C24H30N2O4. The lowest BCUT2D eigenvalue weighted by atomic mass is 10.0. The highest BCUT2D eigenvalue weighted by Crippen LogP contribution is 2.36. The molecule has 1 unspecified atom stereocenters. The van der Waals surface area contributed by atoms with Gasteiger partial charge in [-0.05, 0) is 56.1 Å². The fourth-order valence-corrected chi connectivity index (χ4v) is 3.70. The number of carboxylic acid groups (broad SMARTS) is 2. The van der Waals surface area contributed by atoms with Crippen LogP contribution in [0, 0.1) is 5.92 Å². The standard InChI is InChI=1S/C20H26N2.C4H4O4/c1-16(14-21(2)3)15-22-19-10-6-4-8-17(19)12-13-18-9-5-7-11-20(18)22;5-3(6)1-2-4(7)8/h4-11,16H,12-15H2,1-3H3;1-2H,(H,5,6)(H,7,8)/b;2-1+. The van der Waals surface area contributed by atoms with Crippen molar-refractivity contribution >= 4 is 23.3 Å². The molecule has 0 spiro atoms. The Morgan fingerprint density at radius 3 is 1.77 bits per heavy atom. The van der Waals surface area contributed by atoms with Crippen molar-refractivity contribution in [2.75, 3.05) is 32.1 Å². The lowest BCUT2D eigenvalue weighted by molar-refractivity contribution is -0.134. The van der Waals surface area contributed by atoms with Gasteiger partial charge in [-0.25, -0.2) is 9.59 Å². The maximum Gasteiger partial charge on any atom is 0.328 e. The first-order chi connectivity index (χ1) is 14.3. The fourth-order valence-electron chi connectivity index (χ4n) is 3.70. The third-order valence-corrected chi connectivity index (χ3v) is 4.77. The fraction of sp³-hybridized carbons (Fsp3) is 0.333. The second-order valence-corrected chi connectivity index (χ2v) is 7.75. The van der Waals surface area contributed by atoms with Crippen molar-refractivity contribution in [1.82, 2.24) is 4.90 Å². The average molecular weight is 411 g/mol. The van der Waals surface area contributed by atoms with Gasteiger partial charge in [0, 0.05) is 36.6 Å². The molecule has 0 bridgehead atoms. The van der Waals surface area contributed by atoms with Crippen LogP contribution in [0.25, 0.3) is 0 Å². The predicted molar refractivity (Wildman–Crippen MR) is 119 cm³/mol. The Bertz CT molecular complexity index is 829. The third-order valence-electron chi connectivity index (χ3n) is 4.77. The van der Waals surface area contributed by atoms with E-state index in [1.54, 1.807) is 0 Å². The van der Waals surface area contributed by atoms with Crippen molar-refractivity contribution in [3.63, 3.8) is 0 Å². The Hall–Kier alpha value is -3.12. The van der Waals surface area contributed by atoms with Crippen molar-refractivity contribution in [3.05, 3.63) is 71.8 Å². The molecule has 0 saturated carbocycles. The molecular weight excluding hydrogens is 380 g/mol. The van der Waals surface area contributed by atoms with E-state index in [1.807, 2.05) is 0 Å². The molecule has 1 aliphatic rings. The summed E-state index contributed by atoms with van der Waals surface area (Å²) in [4.78, 5) is 23.9. The molecule has 0 saturated heterocycles. The molecule has 0 aromatic heterocycles. The number of fused-ring (bicyclic) bond motifs is 2. The first-order valence-corrected chi connectivity index (χ1v) is 10.00. The number of para-hydroxylation sites is 2. The number of rotatable bonds is 6. The average Bonchev–Trinajstić information content (AvgIpc) is 2.84. The monoisotopic (exact) mass is 410 g/mol. The smallest absolute Gasteiger partial charge is 0.328 e. The Balaban J connectivity index is 0.000000343. The van der Waals surface area contributed by atoms with Crippen LogP contribution >= 0.6 is 0 Å². The highest BCUT2D eigenvalue weighted by atomic mass is 16.4. The van der Waals surface area contributed by atoms with E-state index in [2.05, 4.69) is 79.3 Å². The summed E-state index contributed by atoms with van der Waals surface area (Å²) in [5.41, 5.74) is 5.71. The summed E-state index contributed by atoms with van der Waals surface area (Å²) in [6.07, 6.45) is 3.38. The number of benzene rings is 2. The minimum Gasteiger partial charge on any atom is -0.478 e. The Morgan fingerprint density at radius 1 is 0.933 bits per heavy atom. The van der Waals surface area contributed by atoms with E-state index >= 15 is 0 Å². The van der Waals surface area contributed by atoms with Crippen LogP contribution < -0.4 is 4.90 Å². The van der Waals surface area contributed by atoms with Crippen molar-refractivity contribution < 1.29 is 19.8 Å². The normalized spacial score (nSPS) is 13.7. The quantitative estimate of drug-likeness (QED) is 0.705. The number of aryl methyl sites for hydroxylation is 2. The van der Waals surface area contributed by atoms with E-state index in [0.29, 0.717) is 18.1 Å². The highest BCUT2D eigenvalue weighted by Gasteiger charge is 2.21. The summed E-state index contributed by atoms with van der Waals surface area (Å²) >= 11 is 0. The van der Waals surface area contributed by atoms with E-state index in [4.69, 9.17) is 10.2 Å². The highest BCUT2D eigenvalue weighted by molar-refractivity contribution is 5.89. The number of carboxylic acids is 2. The second kappa shape index (κ2) is 11.2. The molecule has 1 aliphatic heterocycles. The maximum atomic E-state index is 9.55. The topological polar surface area (TPSA) is 81.1 Å². The van der Waals surface area contributed by atoms with Crippen molar-refractivity contribution in [3.8, 4) is 0 Å². The largest absolute Gasteiger partial charge is 0.478 e. The van der Waals surface area contributed by atoms with Crippen LogP contribution in [0.5, 0.6) is 0 Å². The third kappa shape index (κ3) is 7.04. The van der Waals surface area contributed by atoms with Crippen LogP contribution in [-0.4, -0.2) is 54.2 Å². The number of hydrogen-bond donors (Lipinski definition) is 2. The van der Waals surface area contributed by atoms with Gasteiger partial charge in [0.25, 0.3) is 0 Å². The molecule has 0 fully saturated rings. The SMILES string of the molecule is CC(CN(C)C)CN1c2ccccc2CCc2ccccc21.O=C(O)/C=C/C(=O)O. The summed E-state index contributed by atoms with van der Waals surface area (Å²) < 4.78 is 0.